The fourth-order valence-corrected chi connectivity index (χ4v) is 4.75. The minimum absolute atomic E-state index is 0.242. The predicted molar refractivity (Wildman–Crippen MR) is 92.7 cm³/mol. The summed E-state index contributed by atoms with van der Waals surface area (Å²) in [6, 6.07) is 3.34. The number of rotatable bonds is 1. The third kappa shape index (κ3) is 3.45. The molecule has 0 unspecified atom stereocenters. The number of hydrogen-bond acceptors (Lipinski definition) is 3. The first kappa shape index (κ1) is 15.3. The van der Waals surface area contributed by atoms with Crippen molar-refractivity contribution in [2.24, 2.45) is 10.4 Å². The quantitative estimate of drug-likeness (QED) is 0.719. The summed E-state index contributed by atoms with van der Waals surface area (Å²) in [4.78, 5) is 4.73. The summed E-state index contributed by atoms with van der Waals surface area (Å²) >= 11 is 5.00. The molecule has 21 heavy (non-hydrogen) atoms. The van der Waals surface area contributed by atoms with Crippen LogP contribution in [-0.4, -0.2) is 17.5 Å². The van der Waals surface area contributed by atoms with Crippen molar-refractivity contribution >= 4 is 38.5 Å². The van der Waals surface area contributed by atoms with E-state index in [1.54, 1.807) is 17.8 Å². The average molecular weight is 371 g/mol. The lowest BCUT2D eigenvalue weighted by atomic mass is 9.75. The molecular weight excluding hydrogens is 351 g/mol. The van der Waals surface area contributed by atoms with E-state index in [1.807, 2.05) is 6.92 Å². The fraction of sp³-hybridized carbons (Fsp3) is 0.562. The summed E-state index contributed by atoms with van der Waals surface area (Å²) < 4.78 is 14.2. The summed E-state index contributed by atoms with van der Waals surface area (Å²) in [5, 5.41) is 4.22. The number of hydrogen-bond donors (Lipinski definition) is 1. The van der Waals surface area contributed by atoms with Gasteiger partial charge in [0.05, 0.1) is 4.47 Å². The van der Waals surface area contributed by atoms with Crippen LogP contribution in [0.2, 0.25) is 0 Å². The van der Waals surface area contributed by atoms with Gasteiger partial charge in [-0.25, -0.2) is 4.39 Å². The van der Waals surface area contributed by atoms with Crippen LogP contribution >= 0.6 is 27.7 Å². The van der Waals surface area contributed by atoms with E-state index in [2.05, 4.69) is 21.2 Å². The zero-order valence-corrected chi connectivity index (χ0v) is 14.6. The maximum atomic E-state index is 13.7. The molecule has 0 bridgehead atoms. The molecule has 1 aromatic rings. The van der Waals surface area contributed by atoms with E-state index in [-0.39, 0.29) is 5.82 Å². The highest BCUT2D eigenvalue weighted by molar-refractivity contribution is 9.10. The van der Waals surface area contributed by atoms with Gasteiger partial charge in [-0.3, -0.25) is 4.99 Å². The van der Waals surface area contributed by atoms with E-state index in [1.165, 1.54) is 38.2 Å². The maximum absolute atomic E-state index is 13.7. The Labute approximate surface area is 138 Å². The topological polar surface area (TPSA) is 24.4 Å². The lowest BCUT2D eigenvalue weighted by molar-refractivity contribution is 0.232. The molecule has 0 amide bonds. The summed E-state index contributed by atoms with van der Waals surface area (Å²) in [5.74, 6) is 0.893. The Bertz CT molecular complexity index is 568. The molecule has 2 nitrogen and oxygen atoms in total. The maximum Gasteiger partial charge on any atom is 0.161 e. The van der Waals surface area contributed by atoms with Crippen molar-refractivity contribution in [3.63, 3.8) is 0 Å². The molecule has 1 heterocycles. The molecule has 0 radical (unpaired) electrons. The number of halogens is 2. The molecule has 1 fully saturated rings. The molecule has 5 heteroatoms. The van der Waals surface area contributed by atoms with Gasteiger partial charge in [-0.05, 0) is 58.8 Å². The van der Waals surface area contributed by atoms with Gasteiger partial charge in [-0.2, -0.15) is 0 Å². The Balaban J connectivity index is 1.71. The molecule has 2 aliphatic rings. The second kappa shape index (κ2) is 6.29. The van der Waals surface area contributed by atoms with Crippen LogP contribution < -0.4 is 5.32 Å². The monoisotopic (exact) mass is 370 g/mol. The molecule has 0 aromatic heterocycles. The Kier molecular flexibility index (Phi) is 4.60. The van der Waals surface area contributed by atoms with E-state index < -0.39 is 0 Å². The minimum Gasteiger partial charge on any atom is -0.335 e. The van der Waals surface area contributed by atoms with Crippen molar-refractivity contribution < 1.29 is 4.39 Å². The van der Waals surface area contributed by atoms with Gasteiger partial charge in [0.2, 0.25) is 0 Å². The second-order valence-corrected chi connectivity index (χ2v) is 8.00. The van der Waals surface area contributed by atoms with Gasteiger partial charge in [0, 0.05) is 18.0 Å². The molecular formula is C16H20BrFN2S. The van der Waals surface area contributed by atoms with Crippen LogP contribution in [0.3, 0.4) is 0 Å². The normalized spacial score (nSPS) is 21.2. The van der Waals surface area contributed by atoms with Crippen LogP contribution in [0.25, 0.3) is 0 Å². The van der Waals surface area contributed by atoms with Gasteiger partial charge in [-0.15, -0.1) is 0 Å². The number of aliphatic imine (C=N–C) groups is 1. The van der Waals surface area contributed by atoms with Crippen molar-refractivity contribution in [2.75, 3.05) is 17.6 Å². The van der Waals surface area contributed by atoms with Gasteiger partial charge < -0.3 is 5.32 Å². The van der Waals surface area contributed by atoms with Crippen LogP contribution in [0.4, 0.5) is 10.1 Å². The van der Waals surface area contributed by atoms with Crippen molar-refractivity contribution in [1.82, 2.24) is 0 Å². The van der Waals surface area contributed by atoms with Crippen molar-refractivity contribution in [3.05, 3.63) is 28.0 Å². The molecule has 0 saturated heterocycles. The van der Waals surface area contributed by atoms with E-state index in [9.17, 15) is 4.39 Å². The molecule has 1 spiro atoms. The first-order chi connectivity index (χ1) is 10.1. The average Bonchev–Trinajstić information content (AvgIpc) is 2.48. The smallest absolute Gasteiger partial charge is 0.161 e. The number of anilines is 1. The highest BCUT2D eigenvalue weighted by Gasteiger charge is 2.34. The third-order valence-corrected chi connectivity index (χ3v) is 6.37. The minimum atomic E-state index is -0.242. The SMILES string of the molecule is Cc1cc(Br)c(F)cc1NC1=NCC2(CCCCC2)CS1. The Hall–Kier alpha value is -0.550. The molecule has 114 valence electrons. The van der Waals surface area contributed by atoms with Crippen LogP contribution in [0.1, 0.15) is 37.7 Å². The molecule has 1 aromatic carbocycles. The number of aryl methyl sites for hydroxylation is 1. The van der Waals surface area contributed by atoms with Gasteiger partial charge in [0.25, 0.3) is 0 Å². The van der Waals surface area contributed by atoms with Gasteiger partial charge >= 0.3 is 0 Å². The molecule has 1 saturated carbocycles. The van der Waals surface area contributed by atoms with Crippen molar-refractivity contribution in [3.8, 4) is 0 Å². The number of nitrogens with one attached hydrogen (secondary N) is 1. The van der Waals surface area contributed by atoms with Crippen LogP contribution in [0, 0.1) is 18.2 Å². The largest absolute Gasteiger partial charge is 0.335 e. The van der Waals surface area contributed by atoms with Crippen LogP contribution in [-0.2, 0) is 0 Å². The number of amidine groups is 1. The Morgan fingerprint density at radius 1 is 1.29 bits per heavy atom. The first-order valence-electron chi connectivity index (χ1n) is 7.48. The second-order valence-electron chi connectivity index (χ2n) is 6.18. The lowest BCUT2D eigenvalue weighted by Gasteiger charge is -2.38. The first-order valence-corrected chi connectivity index (χ1v) is 9.26. The summed E-state index contributed by atoms with van der Waals surface area (Å²) in [6.07, 6.45) is 6.68. The summed E-state index contributed by atoms with van der Waals surface area (Å²) in [5.41, 5.74) is 2.25. The summed E-state index contributed by atoms with van der Waals surface area (Å²) in [6.45, 7) is 2.89. The standard InChI is InChI=1S/C16H20BrFN2S/c1-11-7-12(17)13(18)8-14(11)20-15-19-9-16(10-21-15)5-3-2-4-6-16/h7-8H,2-6,9-10H2,1H3,(H,19,20). The van der Waals surface area contributed by atoms with E-state index in [4.69, 9.17) is 4.99 Å². The van der Waals surface area contributed by atoms with Crippen LogP contribution in [0.5, 0.6) is 0 Å². The molecule has 1 aliphatic heterocycles. The van der Waals surface area contributed by atoms with Crippen molar-refractivity contribution in [2.45, 2.75) is 39.0 Å². The van der Waals surface area contributed by atoms with Gasteiger partial charge in [0.1, 0.15) is 5.82 Å². The van der Waals surface area contributed by atoms with Crippen molar-refractivity contribution in [1.29, 1.82) is 0 Å². The van der Waals surface area contributed by atoms with E-state index in [0.29, 0.717) is 9.89 Å². The number of benzene rings is 1. The molecule has 3 rings (SSSR count). The zero-order valence-electron chi connectivity index (χ0n) is 12.2. The van der Waals surface area contributed by atoms with E-state index in [0.717, 1.165) is 28.7 Å². The lowest BCUT2D eigenvalue weighted by Crippen LogP contribution is -2.35. The third-order valence-electron chi connectivity index (χ3n) is 4.50. The number of nitrogens with zero attached hydrogens (tertiary/aromatic N) is 1. The number of thioether (sulfide) groups is 1. The highest BCUT2D eigenvalue weighted by atomic mass is 79.9. The fourth-order valence-electron chi connectivity index (χ4n) is 3.13. The van der Waals surface area contributed by atoms with Gasteiger partial charge in [-0.1, -0.05) is 31.0 Å². The highest BCUT2D eigenvalue weighted by Crippen LogP contribution is 2.42. The van der Waals surface area contributed by atoms with E-state index >= 15 is 0 Å². The molecule has 1 aliphatic carbocycles. The van der Waals surface area contributed by atoms with Gasteiger partial charge in [0.15, 0.2) is 5.17 Å². The Morgan fingerprint density at radius 3 is 2.71 bits per heavy atom. The predicted octanol–water partition coefficient (Wildman–Crippen LogP) is 5.36. The zero-order chi connectivity index (χ0) is 14.9. The Morgan fingerprint density at radius 2 is 2.05 bits per heavy atom. The molecule has 0 atom stereocenters. The van der Waals surface area contributed by atoms with Crippen LogP contribution in [0.15, 0.2) is 21.6 Å². The molecule has 1 N–H and O–H groups in total. The summed E-state index contributed by atoms with van der Waals surface area (Å²) in [7, 11) is 0.